The number of nitrogens with one attached hydrogen (secondary N) is 3. The lowest BCUT2D eigenvalue weighted by molar-refractivity contribution is -0.368. The lowest BCUT2D eigenvalue weighted by atomic mass is 9.94. The molecule has 0 aromatic carbocycles. The van der Waals surface area contributed by atoms with E-state index in [0.717, 1.165) is 20.8 Å². The summed E-state index contributed by atoms with van der Waals surface area (Å²) in [4.78, 5) is 36.6. The minimum Gasteiger partial charge on any atom is -0.394 e. The van der Waals surface area contributed by atoms with Crippen LogP contribution in [-0.4, -0.2) is 264 Å². The number of rotatable bonds is 15. The molecule has 0 aliphatic carbocycles. The summed E-state index contributed by atoms with van der Waals surface area (Å²) in [5.41, 5.74) is 0. The third-order valence-corrected chi connectivity index (χ3v) is 11.5. The summed E-state index contributed by atoms with van der Waals surface area (Å²) in [5, 5.41) is 146. The average Bonchev–Trinajstić information content (AvgIpc) is 3.24. The molecule has 5 heterocycles. The van der Waals surface area contributed by atoms with Crippen molar-refractivity contribution in [2.75, 3.05) is 26.4 Å². The molecule has 0 saturated carbocycles. The van der Waals surface area contributed by atoms with Gasteiger partial charge in [-0.2, -0.15) is 0 Å². The Morgan fingerprint density at radius 3 is 1.48 bits per heavy atom. The smallest absolute Gasteiger partial charge is 0.217 e. The first-order valence-electron chi connectivity index (χ1n) is 20.4. The maximum Gasteiger partial charge on any atom is 0.217 e. The molecule has 5 aliphatic rings. The van der Waals surface area contributed by atoms with Crippen LogP contribution in [0.1, 0.15) is 27.7 Å². The maximum absolute atomic E-state index is 12.3. The van der Waals surface area contributed by atoms with Crippen LogP contribution in [0.5, 0.6) is 0 Å². The van der Waals surface area contributed by atoms with Crippen LogP contribution >= 0.6 is 0 Å². The highest BCUT2D eigenvalue weighted by Crippen LogP contribution is 2.34. The highest BCUT2D eigenvalue weighted by Gasteiger charge is 2.56. The Balaban J connectivity index is 1.35. The monoisotopic (exact) mass is 935 g/mol. The van der Waals surface area contributed by atoms with Gasteiger partial charge >= 0.3 is 0 Å². The number of amides is 3. The highest BCUT2D eigenvalue weighted by atomic mass is 16.8. The summed E-state index contributed by atoms with van der Waals surface area (Å²) in [5.74, 6) is -2.21. The van der Waals surface area contributed by atoms with Crippen molar-refractivity contribution in [1.29, 1.82) is 0 Å². The molecule has 64 heavy (non-hydrogen) atoms. The number of hydrogen-bond acceptors (Lipinski definition) is 25. The summed E-state index contributed by atoms with van der Waals surface area (Å²) in [6.07, 6.45) is -38.0. The Morgan fingerprint density at radius 1 is 0.438 bits per heavy atom. The van der Waals surface area contributed by atoms with Gasteiger partial charge in [0.25, 0.3) is 0 Å². The van der Waals surface area contributed by atoms with Gasteiger partial charge in [-0.25, -0.2) is 0 Å². The summed E-state index contributed by atoms with van der Waals surface area (Å²) < 4.78 is 51.4. The van der Waals surface area contributed by atoms with Crippen molar-refractivity contribution in [3.8, 4) is 0 Å². The van der Waals surface area contributed by atoms with Crippen molar-refractivity contribution >= 4 is 17.7 Å². The van der Waals surface area contributed by atoms with E-state index in [0.29, 0.717) is 0 Å². The predicted octanol–water partition coefficient (Wildman–Crippen LogP) is -10.5. The van der Waals surface area contributed by atoms with Crippen LogP contribution in [0, 0.1) is 0 Å². The fraction of sp³-hybridized carbons (Fsp3) is 0.917. The molecule has 25 atom stereocenters. The van der Waals surface area contributed by atoms with Crippen molar-refractivity contribution in [3.63, 3.8) is 0 Å². The number of hydrogen-bond donors (Lipinski definition) is 16. The SMILES string of the molecule is CC(=O)N[C@@H]1[C@@H](O[C@@H]2O[C@H](CO)[C@H](O)[C@H](O[C@@H]3O[C@H](CO)[C@@H](O)[C@H](O)[C@H]3NC(C)=O)[C@H]2O)[C@@H](O)[C@@H](CO[C@@H]2O[C@H](CO)[C@@H](O[C@@H]3O[C@@H](C)[C@@H](O)[C@@H](O)[C@@H]3O)[C@H](O)[C@H]2NC(C)=O)O[C@@H]1O. The Morgan fingerprint density at radius 2 is 0.906 bits per heavy atom. The molecule has 3 amide bonds. The summed E-state index contributed by atoms with van der Waals surface area (Å²) >= 11 is 0. The first-order valence-corrected chi connectivity index (χ1v) is 20.4. The third-order valence-electron chi connectivity index (χ3n) is 11.5. The van der Waals surface area contributed by atoms with Crippen molar-refractivity contribution in [2.24, 2.45) is 0 Å². The fourth-order valence-electron chi connectivity index (χ4n) is 8.08. The van der Waals surface area contributed by atoms with E-state index in [1.54, 1.807) is 0 Å². The van der Waals surface area contributed by atoms with Gasteiger partial charge in [0.1, 0.15) is 116 Å². The largest absolute Gasteiger partial charge is 0.394 e. The predicted molar refractivity (Wildman–Crippen MR) is 200 cm³/mol. The fourth-order valence-corrected chi connectivity index (χ4v) is 8.08. The second kappa shape index (κ2) is 22.6. The Hall–Kier alpha value is -2.47. The molecule has 28 nitrogen and oxygen atoms in total. The average molecular weight is 936 g/mol. The van der Waals surface area contributed by atoms with Gasteiger partial charge in [0.05, 0.1) is 32.5 Å². The normalized spacial score (nSPS) is 47.7. The van der Waals surface area contributed by atoms with Crippen molar-refractivity contribution in [1.82, 2.24) is 16.0 Å². The van der Waals surface area contributed by atoms with Crippen molar-refractivity contribution in [3.05, 3.63) is 0 Å². The van der Waals surface area contributed by atoms with Gasteiger partial charge < -0.3 is 125 Å². The molecule has 370 valence electrons. The Bertz CT molecular complexity index is 1540. The molecule has 16 N–H and O–H groups in total. The summed E-state index contributed by atoms with van der Waals surface area (Å²) in [7, 11) is 0. The molecule has 5 fully saturated rings. The quantitative estimate of drug-likeness (QED) is 0.0725. The first kappa shape index (κ1) is 52.5. The maximum atomic E-state index is 12.3. The van der Waals surface area contributed by atoms with Gasteiger partial charge in [-0.3, -0.25) is 14.4 Å². The van der Waals surface area contributed by atoms with E-state index in [-0.39, 0.29) is 0 Å². The topological polar surface area (TPSA) is 433 Å². The van der Waals surface area contributed by atoms with Gasteiger partial charge in [-0.05, 0) is 6.92 Å². The minimum atomic E-state index is -2.10. The van der Waals surface area contributed by atoms with E-state index < -0.39 is 197 Å². The van der Waals surface area contributed by atoms with Crippen LogP contribution in [-0.2, 0) is 57.0 Å². The molecule has 5 saturated heterocycles. The van der Waals surface area contributed by atoms with Gasteiger partial charge in [0.15, 0.2) is 31.5 Å². The van der Waals surface area contributed by atoms with E-state index in [1.807, 2.05) is 0 Å². The molecule has 5 aliphatic heterocycles. The highest BCUT2D eigenvalue weighted by molar-refractivity contribution is 5.74. The standard InChI is InChI=1S/C36H61N3O25/c1-9-20(46)26(52)27(53)35(57-9)62-29-15(7-42)61-33(18(25(29)51)38-11(3)44)56-8-16-23(49)30(19(32(55)58-16)39-12(4)45)63-36-28(54)31(22(48)14(6-41)60-36)64-34-17(37-10(2)43)24(50)21(47)13(5-40)59-34/h9,13-36,40-42,46-55H,5-8H2,1-4H3,(H,37,43)(H,38,44)(H,39,45)/t9-,13+,14+,15+,16+,17+,18+,19+,20+,21+,22-,23-,24+,25+,26+,27-,28+,29+,30+,31-,32-,33+,34-,35-,36-/m0/s1. The van der Waals surface area contributed by atoms with Crippen molar-refractivity contribution < 1.29 is 123 Å². The first-order chi connectivity index (χ1) is 30.1. The number of carbonyl (C=O) groups is 3. The molecular weight excluding hydrogens is 874 g/mol. The van der Waals surface area contributed by atoms with Crippen LogP contribution in [0.25, 0.3) is 0 Å². The zero-order chi connectivity index (χ0) is 47.5. The van der Waals surface area contributed by atoms with E-state index in [1.165, 1.54) is 6.92 Å². The molecule has 5 rings (SSSR count). The molecule has 28 heteroatoms. The lowest BCUT2D eigenvalue weighted by Gasteiger charge is -2.49. The number of carbonyl (C=O) groups excluding carboxylic acids is 3. The molecule has 0 bridgehead atoms. The Labute approximate surface area is 364 Å². The van der Waals surface area contributed by atoms with Crippen LogP contribution in [0.4, 0.5) is 0 Å². The molecule has 0 aromatic heterocycles. The zero-order valence-corrected chi connectivity index (χ0v) is 35.0. The second-order valence-corrected chi connectivity index (χ2v) is 16.2. The summed E-state index contributed by atoms with van der Waals surface area (Å²) in [6.45, 7) is 1.17. The Kier molecular flexibility index (Phi) is 18.5. The minimum absolute atomic E-state index is 0.721. The molecular formula is C36H61N3O25. The van der Waals surface area contributed by atoms with Gasteiger partial charge in [-0.15, -0.1) is 0 Å². The van der Waals surface area contributed by atoms with Crippen LogP contribution < -0.4 is 16.0 Å². The van der Waals surface area contributed by atoms with Gasteiger partial charge in [0.2, 0.25) is 17.7 Å². The number of aliphatic hydroxyl groups excluding tert-OH is 13. The summed E-state index contributed by atoms with van der Waals surface area (Å²) in [6, 6.07) is -4.70. The number of aliphatic hydroxyl groups is 13. The van der Waals surface area contributed by atoms with E-state index in [4.69, 9.17) is 42.6 Å². The molecule has 0 unspecified atom stereocenters. The van der Waals surface area contributed by atoms with Gasteiger partial charge in [-0.1, -0.05) is 0 Å². The lowest BCUT2D eigenvalue weighted by Crippen LogP contribution is -2.70. The number of ether oxygens (including phenoxy) is 9. The zero-order valence-electron chi connectivity index (χ0n) is 35.0. The molecule has 0 aromatic rings. The van der Waals surface area contributed by atoms with Crippen molar-refractivity contribution in [2.45, 2.75) is 181 Å². The van der Waals surface area contributed by atoms with E-state index in [2.05, 4.69) is 16.0 Å². The van der Waals surface area contributed by atoms with Gasteiger partial charge in [0, 0.05) is 20.8 Å². The second-order valence-electron chi connectivity index (χ2n) is 16.2. The molecule has 0 spiro atoms. The van der Waals surface area contributed by atoms with Crippen LogP contribution in [0.3, 0.4) is 0 Å². The van der Waals surface area contributed by atoms with E-state index in [9.17, 15) is 80.8 Å². The molecule has 0 radical (unpaired) electrons. The van der Waals surface area contributed by atoms with Crippen LogP contribution in [0.15, 0.2) is 0 Å². The van der Waals surface area contributed by atoms with E-state index >= 15 is 0 Å². The van der Waals surface area contributed by atoms with Crippen LogP contribution in [0.2, 0.25) is 0 Å². The third kappa shape index (κ3) is 11.6.